The van der Waals surface area contributed by atoms with Crippen LogP contribution in [0.3, 0.4) is 0 Å². The molecule has 1 fully saturated rings. The summed E-state index contributed by atoms with van der Waals surface area (Å²) in [6.45, 7) is 2.12. The van der Waals surface area contributed by atoms with Crippen LogP contribution in [0.25, 0.3) is 0 Å². The molecule has 2 N–H and O–H groups in total. The van der Waals surface area contributed by atoms with E-state index >= 15 is 0 Å². The lowest BCUT2D eigenvalue weighted by Crippen LogP contribution is -2.62. The van der Waals surface area contributed by atoms with Gasteiger partial charge in [0.15, 0.2) is 22.0 Å². The maximum atomic E-state index is 14.3. The van der Waals surface area contributed by atoms with Crippen LogP contribution in [-0.2, 0) is 15.5 Å². The highest BCUT2D eigenvalue weighted by Crippen LogP contribution is 2.51. The molecule has 0 spiro atoms. The minimum absolute atomic E-state index is 0.00939. The summed E-state index contributed by atoms with van der Waals surface area (Å²) in [5.74, 6) is 0.224. The van der Waals surface area contributed by atoms with E-state index in [9.17, 15) is 17.8 Å². The normalized spacial score (nSPS) is 19.6. The molecule has 35 heavy (non-hydrogen) atoms. The van der Waals surface area contributed by atoms with Gasteiger partial charge in [0, 0.05) is 17.5 Å². The number of hydrogen-bond donors (Lipinski definition) is 2. The van der Waals surface area contributed by atoms with Gasteiger partial charge in [0.1, 0.15) is 5.75 Å². The largest absolute Gasteiger partial charge is 0.495 e. The third-order valence-electron chi connectivity index (χ3n) is 6.86. The SMILES string of the molecule is CCC(C(=O)c1cc(OC)c(OC)c(OC)c1)(C1(c2ccc(OC)c(Cl)c2)CCNC1)S(=O)(=O)O. The van der Waals surface area contributed by atoms with Crippen LogP contribution in [0.4, 0.5) is 0 Å². The van der Waals surface area contributed by atoms with Crippen LogP contribution in [0.5, 0.6) is 23.0 Å². The summed E-state index contributed by atoms with van der Waals surface area (Å²) in [5.41, 5.74) is -0.846. The number of nitrogens with one attached hydrogen (secondary N) is 1. The topological polar surface area (TPSA) is 120 Å². The number of benzene rings is 2. The average Bonchev–Trinajstić information content (AvgIpc) is 3.33. The third-order valence-corrected chi connectivity index (χ3v) is 8.91. The van der Waals surface area contributed by atoms with Crippen molar-refractivity contribution in [1.82, 2.24) is 5.32 Å². The summed E-state index contributed by atoms with van der Waals surface area (Å²) in [4.78, 5) is 14.3. The molecule has 0 bridgehead atoms. The molecule has 1 saturated heterocycles. The van der Waals surface area contributed by atoms with Crippen LogP contribution in [0.2, 0.25) is 5.02 Å². The first kappa shape index (κ1) is 27.1. The van der Waals surface area contributed by atoms with Crippen molar-refractivity contribution < 1.29 is 36.7 Å². The van der Waals surface area contributed by atoms with Crippen molar-refractivity contribution in [3.05, 3.63) is 46.5 Å². The van der Waals surface area contributed by atoms with Gasteiger partial charge in [0.05, 0.1) is 33.5 Å². The molecule has 2 aromatic rings. The van der Waals surface area contributed by atoms with Gasteiger partial charge in [-0.05, 0) is 49.2 Å². The molecule has 0 amide bonds. The second kappa shape index (κ2) is 10.2. The molecule has 11 heteroatoms. The van der Waals surface area contributed by atoms with Crippen molar-refractivity contribution in [2.45, 2.75) is 29.9 Å². The lowest BCUT2D eigenvalue weighted by atomic mass is 9.65. The smallest absolute Gasteiger partial charge is 0.279 e. The molecule has 1 heterocycles. The molecular formula is C24H30ClNO8S. The molecule has 0 radical (unpaired) electrons. The lowest BCUT2D eigenvalue weighted by molar-refractivity contribution is 0.0868. The second-order valence-corrected chi connectivity index (χ2v) is 10.3. The van der Waals surface area contributed by atoms with Crippen LogP contribution >= 0.6 is 11.6 Å². The van der Waals surface area contributed by atoms with Gasteiger partial charge in [0.25, 0.3) is 10.1 Å². The average molecular weight is 528 g/mol. The minimum Gasteiger partial charge on any atom is -0.495 e. The quantitative estimate of drug-likeness (QED) is 0.353. The van der Waals surface area contributed by atoms with Crippen LogP contribution in [0, 0.1) is 0 Å². The number of methoxy groups -OCH3 is 4. The molecule has 2 atom stereocenters. The van der Waals surface area contributed by atoms with Gasteiger partial charge in [-0.2, -0.15) is 8.42 Å². The zero-order valence-corrected chi connectivity index (χ0v) is 21.9. The van der Waals surface area contributed by atoms with Gasteiger partial charge in [-0.1, -0.05) is 24.6 Å². The van der Waals surface area contributed by atoms with Crippen molar-refractivity contribution >= 4 is 27.5 Å². The molecule has 3 rings (SSSR count). The summed E-state index contributed by atoms with van der Waals surface area (Å²) in [6.07, 6.45) is 0.0616. The molecule has 2 aromatic carbocycles. The Hall–Kier alpha value is -2.53. The van der Waals surface area contributed by atoms with Crippen molar-refractivity contribution in [3.63, 3.8) is 0 Å². The van der Waals surface area contributed by atoms with E-state index in [0.717, 1.165) is 0 Å². The molecule has 0 aromatic heterocycles. The molecule has 9 nitrogen and oxygen atoms in total. The van der Waals surface area contributed by atoms with Crippen molar-refractivity contribution in [2.24, 2.45) is 0 Å². The number of halogens is 1. The van der Waals surface area contributed by atoms with Gasteiger partial charge >= 0.3 is 0 Å². The highest BCUT2D eigenvalue weighted by Gasteiger charge is 2.65. The lowest BCUT2D eigenvalue weighted by Gasteiger charge is -2.45. The Labute approximate surface area is 210 Å². The summed E-state index contributed by atoms with van der Waals surface area (Å²) in [6, 6.07) is 7.65. The molecule has 0 aliphatic carbocycles. The highest BCUT2D eigenvalue weighted by molar-refractivity contribution is 7.88. The van der Waals surface area contributed by atoms with Gasteiger partial charge in [-0.3, -0.25) is 9.35 Å². The van der Waals surface area contributed by atoms with E-state index in [0.29, 0.717) is 17.9 Å². The fourth-order valence-corrected chi connectivity index (χ4v) is 6.95. The van der Waals surface area contributed by atoms with Gasteiger partial charge in [-0.15, -0.1) is 0 Å². The number of Topliss-reactive ketones (excluding diaryl/α,β-unsaturated/α-hetero) is 1. The minimum atomic E-state index is -4.97. The standard InChI is InChI=1S/C24H30ClNO8S/c1-6-24(35(28,29)30,22(27)15-11-19(32-3)21(34-5)20(12-15)33-4)23(9-10-26-14-23)16-7-8-18(31-2)17(25)13-16/h7-8,11-13,26H,6,9-10,14H2,1-5H3,(H,28,29,30). The molecule has 1 aliphatic rings. The third kappa shape index (κ3) is 4.22. The van der Waals surface area contributed by atoms with Crippen LogP contribution in [0.15, 0.2) is 30.3 Å². The Balaban J connectivity index is 2.35. The maximum absolute atomic E-state index is 14.3. The van der Waals surface area contributed by atoms with E-state index in [4.69, 9.17) is 30.5 Å². The van der Waals surface area contributed by atoms with Crippen molar-refractivity contribution in [1.29, 1.82) is 0 Å². The second-order valence-electron chi connectivity index (χ2n) is 8.26. The first-order valence-corrected chi connectivity index (χ1v) is 12.7. The Morgan fingerprint density at radius 1 is 1.06 bits per heavy atom. The number of ether oxygens (including phenoxy) is 4. The van der Waals surface area contributed by atoms with E-state index in [-0.39, 0.29) is 47.2 Å². The number of ketones is 1. The van der Waals surface area contributed by atoms with Crippen LogP contribution in [0.1, 0.15) is 35.7 Å². The Kier molecular flexibility index (Phi) is 7.90. The Morgan fingerprint density at radius 2 is 1.66 bits per heavy atom. The first-order valence-electron chi connectivity index (χ1n) is 10.9. The van der Waals surface area contributed by atoms with Crippen LogP contribution in [-0.4, -0.2) is 65.0 Å². The number of rotatable bonds is 10. The zero-order chi connectivity index (χ0) is 26.0. The predicted octanol–water partition coefficient (Wildman–Crippen LogP) is 3.53. The highest BCUT2D eigenvalue weighted by atomic mass is 35.5. The fourth-order valence-electron chi connectivity index (χ4n) is 5.19. The zero-order valence-electron chi connectivity index (χ0n) is 20.3. The monoisotopic (exact) mass is 527 g/mol. The molecule has 0 saturated carbocycles. The summed E-state index contributed by atoms with van der Waals surface area (Å²) in [5, 5.41) is 3.43. The van der Waals surface area contributed by atoms with Crippen molar-refractivity contribution in [3.8, 4) is 23.0 Å². The number of hydrogen-bond acceptors (Lipinski definition) is 8. The molecule has 2 unspecified atom stereocenters. The van der Waals surface area contributed by atoms with E-state index in [2.05, 4.69) is 5.32 Å². The molecule has 1 aliphatic heterocycles. The predicted molar refractivity (Wildman–Crippen MR) is 132 cm³/mol. The first-order chi connectivity index (χ1) is 16.6. The number of carbonyl (C=O) groups is 1. The van der Waals surface area contributed by atoms with E-state index in [1.807, 2.05) is 0 Å². The Bertz CT molecular complexity index is 1180. The van der Waals surface area contributed by atoms with Crippen molar-refractivity contribution in [2.75, 3.05) is 41.5 Å². The molecule has 192 valence electrons. The van der Waals surface area contributed by atoms with Crippen LogP contribution < -0.4 is 24.3 Å². The van der Waals surface area contributed by atoms with E-state index in [1.165, 1.54) is 40.6 Å². The van der Waals surface area contributed by atoms with Gasteiger partial charge in [0.2, 0.25) is 5.75 Å². The fraction of sp³-hybridized carbons (Fsp3) is 0.458. The van der Waals surface area contributed by atoms with E-state index in [1.54, 1.807) is 25.1 Å². The summed E-state index contributed by atoms with van der Waals surface area (Å²) >= 11 is 6.40. The maximum Gasteiger partial charge on any atom is 0.279 e. The van der Waals surface area contributed by atoms with E-state index < -0.39 is 26.1 Å². The number of carbonyl (C=O) groups excluding carboxylic acids is 1. The van der Waals surface area contributed by atoms with Gasteiger partial charge in [-0.25, -0.2) is 0 Å². The summed E-state index contributed by atoms with van der Waals surface area (Å²) in [7, 11) is 0.698. The van der Waals surface area contributed by atoms with Gasteiger partial charge < -0.3 is 24.3 Å². The summed E-state index contributed by atoms with van der Waals surface area (Å²) < 4.78 is 56.3. The molecular weight excluding hydrogens is 498 g/mol. The Morgan fingerprint density at radius 3 is 2.06 bits per heavy atom.